The number of rotatable bonds is 5. The third-order valence-electron chi connectivity index (χ3n) is 3.17. The minimum Gasteiger partial charge on any atom is -0.481 e. The maximum absolute atomic E-state index is 12.0. The molecule has 0 heterocycles. The number of carboxylic acids is 1. The first-order valence-electron chi connectivity index (χ1n) is 5.72. The summed E-state index contributed by atoms with van der Waals surface area (Å²) >= 11 is 0. The lowest BCUT2D eigenvalue weighted by Gasteiger charge is -2.22. The van der Waals surface area contributed by atoms with Crippen LogP contribution in [0.1, 0.15) is 26.2 Å². The Hall–Kier alpha value is -1.32. The normalized spacial score (nSPS) is 24.1. The molecule has 0 aromatic rings. The topological polar surface area (TPSA) is 57.6 Å². The van der Waals surface area contributed by atoms with Gasteiger partial charge in [-0.05, 0) is 26.2 Å². The van der Waals surface area contributed by atoms with Crippen molar-refractivity contribution in [2.24, 2.45) is 11.8 Å². The van der Waals surface area contributed by atoms with Crippen LogP contribution in [0.4, 0.5) is 0 Å². The van der Waals surface area contributed by atoms with Crippen LogP contribution in [0.15, 0.2) is 12.7 Å². The van der Waals surface area contributed by atoms with Crippen molar-refractivity contribution in [1.82, 2.24) is 4.90 Å². The molecule has 0 unspecified atom stereocenters. The lowest BCUT2D eigenvalue weighted by Crippen LogP contribution is -2.35. The van der Waals surface area contributed by atoms with Crippen LogP contribution < -0.4 is 0 Å². The van der Waals surface area contributed by atoms with Crippen molar-refractivity contribution in [1.29, 1.82) is 0 Å². The summed E-state index contributed by atoms with van der Waals surface area (Å²) in [5, 5.41) is 8.87. The summed E-state index contributed by atoms with van der Waals surface area (Å²) in [6.07, 6.45) is 3.51. The number of carbonyl (C=O) groups is 2. The minimum atomic E-state index is -0.776. The zero-order chi connectivity index (χ0) is 12.1. The predicted octanol–water partition coefficient (Wildman–Crippen LogP) is 1.52. The van der Waals surface area contributed by atoms with E-state index in [4.69, 9.17) is 5.11 Å². The SMILES string of the molecule is C=CCN(CC)C(=O)[C@@H]1CC[C@H](C(=O)O)C1. The average molecular weight is 225 g/mol. The van der Waals surface area contributed by atoms with Crippen LogP contribution in [0.2, 0.25) is 0 Å². The van der Waals surface area contributed by atoms with Crippen LogP contribution in [0.5, 0.6) is 0 Å². The molecule has 0 aliphatic heterocycles. The van der Waals surface area contributed by atoms with E-state index < -0.39 is 5.97 Å². The number of aliphatic carboxylic acids is 1. The molecule has 1 saturated carbocycles. The first-order chi connectivity index (χ1) is 7.60. The van der Waals surface area contributed by atoms with E-state index in [-0.39, 0.29) is 17.7 Å². The molecule has 0 radical (unpaired) electrons. The van der Waals surface area contributed by atoms with E-state index in [0.717, 1.165) is 0 Å². The average Bonchev–Trinajstić information content (AvgIpc) is 2.74. The van der Waals surface area contributed by atoms with E-state index in [0.29, 0.717) is 32.4 Å². The Balaban J connectivity index is 2.55. The Morgan fingerprint density at radius 2 is 2.06 bits per heavy atom. The van der Waals surface area contributed by atoms with Crippen molar-refractivity contribution < 1.29 is 14.7 Å². The molecular weight excluding hydrogens is 206 g/mol. The fraction of sp³-hybridized carbons (Fsp3) is 0.667. The smallest absolute Gasteiger partial charge is 0.306 e. The Labute approximate surface area is 95.9 Å². The van der Waals surface area contributed by atoms with Crippen molar-refractivity contribution in [2.75, 3.05) is 13.1 Å². The lowest BCUT2D eigenvalue weighted by atomic mass is 10.0. The fourth-order valence-electron chi connectivity index (χ4n) is 2.22. The molecule has 1 N–H and O–H groups in total. The second-order valence-corrected chi connectivity index (χ2v) is 4.21. The summed E-state index contributed by atoms with van der Waals surface area (Å²) in [5.74, 6) is -1.15. The maximum atomic E-state index is 12.0. The Morgan fingerprint density at radius 3 is 2.50 bits per heavy atom. The van der Waals surface area contributed by atoms with Crippen LogP contribution in [0.3, 0.4) is 0 Å². The van der Waals surface area contributed by atoms with Crippen LogP contribution in [-0.2, 0) is 9.59 Å². The Kier molecular flexibility index (Phi) is 4.52. The van der Waals surface area contributed by atoms with Gasteiger partial charge in [0.2, 0.25) is 5.91 Å². The zero-order valence-electron chi connectivity index (χ0n) is 9.69. The van der Waals surface area contributed by atoms with Gasteiger partial charge in [0.05, 0.1) is 5.92 Å². The molecule has 1 aliphatic rings. The summed E-state index contributed by atoms with van der Waals surface area (Å²) in [4.78, 5) is 24.5. The summed E-state index contributed by atoms with van der Waals surface area (Å²) in [5.41, 5.74) is 0. The van der Waals surface area contributed by atoms with Crippen LogP contribution in [-0.4, -0.2) is 35.0 Å². The standard InChI is InChI=1S/C12H19NO3/c1-3-7-13(4-2)11(14)9-5-6-10(8-9)12(15)16/h3,9-10H,1,4-8H2,2H3,(H,15,16)/t9-,10+/m1/s1. The number of hydrogen-bond acceptors (Lipinski definition) is 2. The van der Waals surface area contributed by atoms with E-state index in [1.165, 1.54) is 0 Å². The molecule has 1 aliphatic carbocycles. The van der Waals surface area contributed by atoms with E-state index in [2.05, 4.69) is 6.58 Å². The molecule has 0 aromatic heterocycles. The van der Waals surface area contributed by atoms with E-state index in [1.54, 1.807) is 11.0 Å². The molecule has 0 aromatic carbocycles. The molecule has 16 heavy (non-hydrogen) atoms. The van der Waals surface area contributed by atoms with E-state index in [9.17, 15) is 9.59 Å². The molecule has 0 saturated heterocycles. The van der Waals surface area contributed by atoms with Gasteiger partial charge in [-0.2, -0.15) is 0 Å². The van der Waals surface area contributed by atoms with Crippen molar-refractivity contribution in [3.8, 4) is 0 Å². The fourth-order valence-corrected chi connectivity index (χ4v) is 2.22. The van der Waals surface area contributed by atoms with Crippen LogP contribution >= 0.6 is 0 Å². The van der Waals surface area contributed by atoms with Crippen molar-refractivity contribution in [3.05, 3.63) is 12.7 Å². The highest BCUT2D eigenvalue weighted by molar-refractivity contribution is 5.81. The van der Waals surface area contributed by atoms with Gasteiger partial charge in [-0.25, -0.2) is 0 Å². The molecule has 4 nitrogen and oxygen atoms in total. The number of hydrogen-bond donors (Lipinski definition) is 1. The molecule has 1 fully saturated rings. The van der Waals surface area contributed by atoms with Gasteiger partial charge >= 0.3 is 5.97 Å². The molecule has 2 atom stereocenters. The summed E-state index contributed by atoms with van der Waals surface area (Å²) < 4.78 is 0. The van der Waals surface area contributed by atoms with Gasteiger partial charge < -0.3 is 10.0 Å². The molecule has 4 heteroatoms. The predicted molar refractivity (Wildman–Crippen MR) is 60.9 cm³/mol. The third kappa shape index (κ3) is 2.84. The maximum Gasteiger partial charge on any atom is 0.306 e. The van der Waals surface area contributed by atoms with E-state index >= 15 is 0 Å². The summed E-state index contributed by atoms with van der Waals surface area (Å²) in [7, 11) is 0. The van der Waals surface area contributed by atoms with Gasteiger partial charge in [0.15, 0.2) is 0 Å². The van der Waals surface area contributed by atoms with Gasteiger partial charge in [-0.1, -0.05) is 6.08 Å². The number of nitrogens with zero attached hydrogens (tertiary/aromatic N) is 1. The summed E-state index contributed by atoms with van der Waals surface area (Å²) in [6.45, 7) is 6.73. The van der Waals surface area contributed by atoms with Crippen molar-refractivity contribution >= 4 is 11.9 Å². The lowest BCUT2D eigenvalue weighted by molar-refractivity contribution is -0.141. The largest absolute Gasteiger partial charge is 0.481 e. The molecule has 0 bridgehead atoms. The van der Waals surface area contributed by atoms with Crippen molar-refractivity contribution in [3.63, 3.8) is 0 Å². The number of likely N-dealkylation sites (N-methyl/N-ethyl adjacent to an activating group) is 1. The summed E-state index contributed by atoms with van der Waals surface area (Å²) in [6, 6.07) is 0. The second-order valence-electron chi connectivity index (χ2n) is 4.21. The first-order valence-corrected chi connectivity index (χ1v) is 5.72. The number of amides is 1. The van der Waals surface area contributed by atoms with Gasteiger partial charge in [0.1, 0.15) is 0 Å². The first kappa shape index (κ1) is 12.7. The number of carbonyl (C=O) groups excluding carboxylic acids is 1. The van der Waals surface area contributed by atoms with Gasteiger partial charge in [0.25, 0.3) is 0 Å². The molecular formula is C12H19NO3. The third-order valence-corrected chi connectivity index (χ3v) is 3.17. The highest BCUT2D eigenvalue weighted by Crippen LogP contribution is 2.32. The molecule has 90 valence electrons. The van der Waals surface area contributed by atoms with Crippen LogP contribution in [0.25, 0.3) is 0 Å². The Morgan fingerprint density at radius 1 is 1.44 bits per heavy atom. The van der Waals surface area contributed by atoms with Gasteiger partial charge in [-0.15, -0.1) is 6.58 Å². The molecule has 1 amide bonds. The quantitative estimate of drug-likeness (QED) is 0.722. The second kappa shape index (κ2) is 5.68. The monoisotopic (exact) mass is 225 g/mol. The number of carboxylic acid groups (broad SMARTS) is 1. The minimum absolute atomic E-state index is 0.0751. The highest BCUT2D eigenvalue weighted by Gasteiger charge is 2.35. The highest BCUT2D eigenvalue weighted by atomic mass is 16.4. The van der Waals surface area contributed by atoms with E-state index in [1.807, 2.05) is 6.92 Å². The van der Waals surface area contributed by atoms with Crippen molar-refractivity contribution in [2.45, 2.75) is 26.2 Å². The Bertz CT molecular complexity index is 288. The van der Waals surface area contributed by atoms with Crippen LogP contribution in [0, 0.1) is 11.8 Å². The molecule has 0 spiro atoms. The molecule has 1 rings (SSSR count). The van der Waals surface area contributed by atoms with Gasteiger partial charge in [-0.3, -0.25) is 9.59 Å². The zero-order valence-corrected chi connectivity index (χ0v) is 9.69. The van der Waals surface area contributed by atoms with Gasteiger partial charge in [0, 0.05) is 19.0 Å².